The molecule has 0 fully saturated rings. The highest BCUT2D eigenvalue weighted by Crippen LogP contribution is 2.01. The van der Waals surface area contributed by atoms with Crippen LogP contribution in [-0.4, -0.2) is 25.2 Å². The Kier molecular flexibility index (Phi) is 11.3. The molecular weight excluding hydrogens is 232 g/mol. The van der Waals surface area contributed by atoms with Gasteiger partial charge in [-0.3, -0.25) is 9.59 Å². The van der Waals surface area contributed by atoms with E-state index in [1.807, 2.05) is 0 Å². The number of unbranched alkanes of at least 4 members (excludes halogenated alkanes) is 4. The molecule has 0 aliphatic rings. The third-order valence-electron chi connectivity index (χ3n) is 2.31. The number of carbonyl (C=O) groups is 2. The lowest BCUT2D eigenvalue weighted by molar-refractivity contribution is -0.142. The zero-order valence-electron chi connectivity index (χ0n) is 11.4. The van der Waals surface area contributed by atoms with Crippen LogP contribution in [0.3, 0.4) is 0 Å². The molecule has 0 rings (SSSR count). The molecule has 0 aromatic rings. The van der Waals surface area contributed by atoms with E-state index in [-0.39, 0.29) is 11.9 Å². The van der Waals surface area contributed by atoms with E-state index in [0.717, 1.165) is 38.5 Å². The van der Waals surface area contributed by atoms with Crippen LogP contribution < -0.4 is 0 Å². The van der Waals surface area contributed by atoms with E-state index in [2.05, 4.69) is 12.2 Å². The summed E-state index contributed by atoms with van der Waals surface area (Å²) in [6.07, 6.45) is 10.2. The van der Waals surface area contributed by atoms with Crippen LogP contribution in [0, 0.1) is 0 Å². The summed E-state index contributed by atoms with van der Waals surface area (Å²) in [6.45, 7) is 3.89. The molecule has 0 spiro atoms. The molecular formula is C14H24O4. The molecule has 0 heterocycles. The van der Waals surface area contributed by atoms with E-state index in [1.54, 1.807) is 0 Å². The van der Waals surface area contributed by atoms with Crippen LogP contribution in [0.2, 0.25) is 0 Å². The molecule has 0 aromatic carbocycles. The molecule has 0 saturated heterocycles. The van der Waals surface area contributed by atoms with Gasteiger partial charge in [0.15, 0.2) is 0 Å². The van der Waals surface area contributed by atoms with Gasteiger partial charge < -0.3 is 9.47 Å². The fourth-order valence-electron chi connectivity index (χ4n) is 1.40. The minimum absolute atomic E-state index is 0.210. The SMILES string of the molecule is CC(=O)OCCCCC=CCCCCOC(C)=O. The minimum Gasteiger partial charge on any atom is -0.466 e. The van der Waals surface area contributed by atoms with Crippen molar-refractivity contribution >= 4 is 11.9 Å². The van der Waals surface area contributed by atoms with Gasteiger partial charge in [0.25, 0.3) is 0 Å². The van der Waals surface area contributed by atoms with Crippen molar-refractivity contribution in [3.63, 3.8) is 0 Å². The molecule has 0 aliphatic carbocycles. The van der Waals surface area contributed by atoms with Gasteiger partial charge in [-0.1, -0.05) is 12.2 Å². The lowest BCUT2D eigenvalue weighted by Gasteiger charge is -2.00. The standard InChI is InChI=1S/C14H24O4/c1-13(15)17-11-9-7-5-3-4-6-8-10-12-18-14(2)16/h3-4H,5-12H2,1-2H3. The van der Waals surface area contributed by atoms with Crippen molar-refractivity contribution in [2.24, 2.45) is 0 Å². The lowest BCUT2D eigenvalue weighted by Crippen LogP contribution is -2.00. The molecule has 4 nitrogen and oxygen atoms in total. The number of hydrogen-bond acceptors (Lipinski definition) is 4. The molecule has 4 heteroatoms. The predicted octanol–water partition coefficient (Wildman–Crippen LogP) is 3.01. The molecule has 104 valence electrons. The van der Waals surface area contributed by atoms with Gasteiger partial charge in [-0.15, -0.1) is 0 Å². The van der Waals surface area contributed by atoms with Crippen molar-refractivity contribution in [3.05, 3.63) is 12.2 Å². The summed E-state index contributed by atoms with van der Waals surface area (Å²) in [5.41, 5.74) is 0. The second-order valence-corrected chi connectivity index (χ2v) is 4.14. The highest BCUT2D eigenvalue weighted by Gasteiger charge is 1.92. The first-order valence-corrected chi connectivity index (χ1v) is 6.54. The number of esters is 2. The third kappa shape index (κ3) is 14.7. The van der Waals surface area contributed by atoms with E-state index in [4.69, 9.17) is 9.47 Å². The maximum atomic E-state index is 10.5. The number of hydrogen-bond donors (Lipinski definition) is 0. The van der Waals surface area contributed by atoms with Crippen LogP contribution in [-0.2, 0) is 19.1 Å². The fourth-order valence-corrected chi connectivity index (χ4v) is 1.40. The zero-order valence-corrected chi connectivity index (χ0v) is 11.4. The van der Waals surface area contributed by atoms with Gasteiger partial charge in [-0.25, -0.2) is 0 Å². The van der Waals surface area contributed by atoms with Crippen LogP contribution in [0.15, 0.2) is 12.2 Å². The average Bonchev–Trinajstić information content (AvgIpc) is 2.29. The normalized spacial score (nSPS) is 10.6. The van der Waals surface area contributed by atoms with Crippen molar-refractivity contribution in [1.29, 1.82) is 0 Å². The van der Waals surface area contributed by atoms with Gasteiger partial charge in [0.05, 0.1) is 13.2 Å². The summed E-state index contributed by atoms with van der Waals surface area (Å²) >= 11 is 0. The van der Waals surface area contributed by atoms with Crippen molar-refractivity contribution in [2.75, 3.05) is 13.2 Å². The Labute approximate surface area is 109 Å². The Morgan fingerprint density at radius 1 is 0.778 bits per heavy atom. The number of ether oxygens (including phenoxy) is 2. The molecule has 0 aromatic heterocycles. The average molecular weight is 256 g/mol. The van der Waals surface area contributed by atoms with Gasteiger partial charge in [0.2, 0.25) is 0 Å². The molecule has 0 radical (unpaired) electrons. The number of rotatable bonds is 10. The Hall–Kier alpha value is -1.32. The predicted molar refractivity (Wildman–Crippen MR) is 70.1 cm³/mol. The maximum absolute atomic E-state index is 10.5. The first kappa shape index (κ1) is 16.7. The quantitative estimate of drug-likeness (QED) is 0.342. The summed E-state index contributed by atoms with van der Waals surface area (Å²) in [5.74, 6) is -0.420. The van der Waals surface area contributed by atoms with E-state index in [0.29, 0.717) is 13.2 Å². The van der Waals surface area contributed by atoms with Crippen molar-refractivity contribution in [3.8, 4) is 0 Å². The molecule has 18 heavy (non-hydrogen) atoms. The number of allylic oxidation sites excluding steroid dienone is 2. The minimum atomic E-state index is -0.210. The highest BCUT2D eigenvalue weighted by atomic mass is 16.5. The Morgan fingerprint density at radius 2 is 1.17 bits per heavy atom. The van der Waals surface area contributed by atoms with Crippen LogP contribution in [0.4, 0.5) is 0 Å². The number of carbonyl (C=O) groups excluding carboxylic acids is 2. The monoisotopic (exact) mass is 256 g/mol. The first-order valence-electron chi connectivity index (χ1n) is 6.54. The van der Waals surface area contributed by atoms with Crippen molar-refractivity contribution < 1.29 is 19.1 Å². The Balaban J connectivity index is 3.14. The van der Waals surface area contributed by atoms with Gasteiger partial charge in [-0.2, -0.15) is 0 Å². The third-order valence-corrected chi connectivity index (χ3v) is 2.31. The Morgan fingerprint density at radius 3 is 1.50 bits per heavy atom. The van der Waals surface area contributed by atoms with Crippen molar-refractivity contribution in [1.82, 2.24) is 0 Å². The second-order valence-electron chi connectivity index (χ2n) is 4.14. The molecule has 0 atom stereocenters. The second kappa shape index (κ2) is 12.1. The maximum Gasteiger partial charge on any atom is 0.302 e. The summed E-state index contributed by atoms with van der Waals surface area (Å²) in [6, 6.07) is 0. The van der Waals surface area contributed by atoms with Gasteiger partial charge in [0.1, 0.15) is 0 Å². The smallest absolute Gasteiger partial charge is 0.302 e. The summed E-state index contributed by atoms with van der Waals surface area (Å²) in [5, 5.41) is 0. The van der Waals surface area contributed by atoms with Gasteiger partial charge in [-0.05, 0) is 38.5 Å². The molecule has 0 saturated carbocycles. The van der Waals surface area contributed by atoms with E-state index in [9.17, 15) is 9.59 Å². The van der Waals surface area contributed by atoms with Crippen LogP contribution in [0.5, 0.6) is 0 Å². The summed E-state index contributed by atoms with van der Waals surface area (Å²) in [7, 11) is 0. The molecule has 0 bridgehead atoms. The highest BCUT2D eigenvalue weighted by molar-refractivity contribution is 5.66. The molecule has 0 N–H and O–H groups in total. The zero-order chi connectivity index (χ0) is 13.6. The summed E-state index contributed by atoms with van der Waals surface area (Å²) < 4.78 is 9.66. The topological polar surface area (TPSA) is 52.6 Å². The van der Waals surface area contributed by atoms with Crippen LogP contribution >= 0.6 is 0 Å². The molecule has 0 amide bonds. The van der Waals surface area contributed by atoms with E-state index < -0.39 is 0 Å². The van der Waals surface area contributed by atoms with Crippen LogP contribution in [0.1, 0.15) is 52.4 Å². The van der Waals surface area contributed by atoms with Crippen LogP contribution in [0.25, 0.3) is 0 Å². The Bertz CT molecular complexity index is 233. The largest absolute Gasteiger partial charge is 0.466 e. The summed E-state index contributed by atoms with van der Waals surface area (Å²) in [4.78, 5) is 21.0. The van der Waals surface area contributed by atoms with E-state index >= 15 is 0 Å². The van der Waals surface area contributed by atoms with Gasteiger partial charge >= 0.3 is 11.9 Å². The van der Waals surface area contributed by atoms with Crippen molar-refractivity contribution in [2.45, 2.75) is 52.4 Å². The first-order chi connectivity index (χ1) is 8.63. The fraction of sp³-hybridized carbons (Fsp3) is 0.714. The molecule has 0 unspecified atom stereocenters. The lowest BCUT2D eigenvalue weighted by atomic mass is 10.2. The van der Waals surface area contributed by atoms with Gasteiger partial charge in [0, 0.05) is 13.8 Å². The molecule has 0 aliphatic heterocycles. The van der Waals surface area contributed by atoms with E-state index in [1.165, 1.54) is 13.8 Å².